The van der Waals surface area contributed by atoms with Gasteiger partial charge in [0, 0.05) is 0 Å². The van der Waals surface area contributed by atoms with Crippen LogP contribution >= 0.6 is 11.8 Å². The maximum absolute atomic E-state index is 3.67. The fourth-order valence-electron chi connectivity index (χ4n) is 0.896. The van der Waals surface area contributed by atoms with Gasteiger partial charge in [0.1, 0.15) is 0 Å². The van der Waals surface area contributed by atoms with E-state index in [1.165, 1.54) is 5.75 Å². The third kappa shape index (κ3) is 7.95. The van der Waals surface area contributed by atoms with E-state index in [-0.39, 0.29) is 0 Å². The fourth-order valence-corrected chi connectivity index (χ4v) is 1.58. The molecule has 0 saturated carbocycles. The molecule has 0 amide bonds. The van der Waals surface area contributed by atoms with Gasteiger partial charge >= 0.3 is 0 Å². The van der Waals surface area contributed by atoms with Gasteiger partial charge in [0.05, 0.1) is 0 Å². The van der Waals surface area contributed by atoms with Crippen LogP contribution in [0.4, 0.5) is 0 Å². The molecule has 0 aromatic rings. The summed E-state index contributed by atoms with van der Waals surface area (Å²) in [6.07, 6.45) is 5.18. The first kappa shape index (κ1) is 11.1. The molecule has 0 aromatic carbocycles. The third-order valence-corrected chi connectivity index (χ3v) is 2.37. The van der Waals surface area contributed by atoms with Gasteiger partial charge in [-0.05, 0) is 37.4 Å². The molecule has 0 spiro atoms. The SMILES string of the molecule is C=CCCNCC(C)CSC. The summed E-state index contributed by atoms with van der Waals surface area (Å²) >= 11 is 1.91. The average Bonchev–Trinajstić information content (AvgIpc) is 1.99. The Morgan fingerprint density at radius 3 is 2.91 bits per heavy atom. The van der Waals surface area contributed by atoms with E-state index < -0.39 is 0 Å². The third-order valence-electron chi connectivity index (χ3n) is 1.47. The zero-order chi connectivity index (χ0) is 8.53. The minimum atomic E-state index is 0.787. The maximum Gasteiger partial charge on any atom is -0.00143 e. The lowest BCUT2D eigenvalue weighted by molar-refractivity contribution is 0.564. The molecule has 0 radical (unpaired) electrons. The monoisotopic (exact) mass is 173 g/mol. The van der Waals surface area contributed by atoms with Gasteiger partial charge in [-0.2, -0.15) is 11.8 Å². The standard InChI is InChI=1S/C9H19NS/c1-4-5-6-10-7-9(2)8-11-3/h4,9-10H,1,5-8H2,2-3H3. The second kappa shape index (κ2) is 8.15. The predicted octanol–water partition coefficient (Wildman–Crippen LogP) is 2.15. The van der Waals surface area contributed by atoms with Gasteiger partial charge in [-0.3, -0.25) is 0 Å². The topological polar surface area (TPSA) is 12.0 Å². The summed E-state index contributed by atoms with van der Waals surface area (Å²) in [6.45, 7) is 8.15. The molecule has 0 heterocycles. The lowest BCUT2D eigenvalue weighted by atomic mass is 10.2. The van der Waals surface area contributed by atoms with Crippen LogP contribution in [0.15, 0.2) is 12.7 Å². The summed E-state index contributed by atoms with van der Waals surface area (Å²) in [5.41, 5.74) is 0. The zero-order valence-corrected chi connectivity index (χ0v) is 8.41. The molecule has 66 valence electrons. The Morgan fingerprint density at radius 1 is 1.64 bits per heavy atom. The molecule has 2 heteroatoms. The second-order valence-corrected chi connectivity index (χ2v) is 3.75. The predicted molar refractivity (Wildman–Crippen MR) is 55.2 cm³/mol. The van der Waals surface area contributed by atoms with Crippen molar-refractivity contribution < 1.29 is 0 Å². The highest BCUT2D eigenvalue weighted by Gasteiger charge is 1.98. The van der Waals surface area contributed by atoms with E-state index in [2.05, 4.69) is 25.1 Å². The number of hydrogen-bond donors (Lipinski definition) is 1. The van der Waals surface area contributed by atoms with Gasteiger partial charge in [-0.15, -0.1) is 6.58 Å². The van der Waals surface area contributed by atoms with Crippen LogP contribution in [0.2, 0.25) is 0 Å². The van der Waals surface area contributed by atoms with E-state index in [1.807, 2.05) is 17.8 Å². The van der Waals surface area contributed by atoms with Crippen molar-refractivity contribution in [3.63, 3.8) is 0 Å². The summed E-state index contributed by atoms with van der Waals surface area (Å²) in [4.78, 5) is 0. The lowest BCUT2D eigenvalue weighted by Gasteiger charge is -2.09. The van der Waals surface area contributed by atoms with Crippen molar-refractivity contribution in [3.05, 3.63) is 12.7 Å². The van der Waals surface area contributed by atoms with E-state index in [1.54, 1.807) is 0 Å². The smallest absolute Gasteiger partial charge is 0.00143 e. The molecule has 0 aliphatic heterocycles. The van der Waals surface area contributed by atoms with E-state index in [0.29, 0.717) is 0 Å². The largest absolute Gasteiger partial charge is 0.316 e. The van der Waals surface area contributed by atoms with E-state index in [0.717, 1.165) is 25.4 Å². The normalized spacial score (nSPS) is 12.9. The minimum absolute atomic E-state index is 0.787. The van der Waals surface area contributed by atoms with Crippen LogP contribution in [-0.4, -0.2) is 25.1 Å². The highest BCUT2D eigenvalue weighted by Crippen LogP contribution is 2.02. The van der Waals surface area contributed by atoms with Gasteiger partial charge in [-0.1, -0.05) is 13.0 Å². The number of nitrogens with one attached hydrogen (secondary N) is 1. The Bertz CT molecular complexity index is 93.6. The van der Waals surface area contributed by atoms with Crippen molar-refractivity contribution in [2.75, 3.05) is 25.1 Å². The first-order chi connectivity index (χ1) is 5.31. The average molecular weight is 173 g/mol. The maximum atomic E-state index is 3.67. The van der Waals surface area contributed by atoms with Gasteiger partial charge in [0.25, 0.3) is 0 Å². The summed E-state index contributed by atoms with van der Waals surface area (Å²) < 4.78 is 0. The van der Waals surface area contributed by atoms with Crippen LogP contribution < -0.4 is 5.32 Å². The quantitative estimate of drug-likeness (QED) is 0.468. The molecule has 0 rings (SSSR count). The van der Waals surface area contributed by atoms with E-state index in [9.17, 15) is 0 Å². The fraction of sp³-hybridized carbons (Fsp3) is 0.778. The summed E-state index contributed by atoms with van der Waals surface area (Å²) in [6, 6.07) is 0. The van der Waals surface area contributed by atoms with Gasteiger partial charge in [0.2, 0.25) is 0 Å². The van der Waals surface area contributed by atoms with Crippen LogP contribution in [-0.2, 0) is 0 Å². The van der Waals surface area contributed by atoms with E-state index in [4.69, 9.17) is 0 Å². The number of hydrogen-bond acceptors (Lipinski definition) is 2. The summed E-state index contributed by atoms with van der Waals surface area (Å²) in [5.74, 6) is 2.04. The van der Waals surface area contributed by atoms with Crippen LogP contribution in [0, 0.1) is 5.92 Å². The number of rotatable bonds is 7. The Kier molecular flexibility index (Phi) is 8.19. The lowest BCUT2D eigenvalue weighted by Crippen LogP contribution is -2.23. The van der Waals surface area contributed by atoms with Crippen molar-refractivity contribution >= 4 is 11.8 Å². The Balaban J connectivity index is 3.03. The van der Waals surface area contributed by atoms with Crippen LogP contribution in [0.3, 0.4) is 0 Å². The molecule has 1 atom stereocenters. The first-order valence-corrected chi connectivity index (χ1v) is 5.51. The van der Waals surface area contributed by atoms with Crippen molar-refractivity contribution in [3.8, 4) is 0 Å². The molecule has 1 nitrogen and oxygen atoms in total. The molecule has 1 unspecified atom stereocenters. The second-order valence-electron chi connectivity index (χ2n) is 2.84. The van der Waals surface area contributed by atoms with Crippen molar-refractivity contribution in [1.82, 2.24) is 5.32 Å². The molecular weight excluding hydrogens is 154 g/mol. The molecular formula is C9H19NS. The molecule has 1 N–H and O–H groups in total. The molecule has 11 heavy (non-hydrogen) atoms. The first-order valence-electron chi connectivity index (χ1n) is 4.11. The highest BCUT2D eigenvalue weighted by atomic mass is 32.2. The number of thioether (sulfide) groups is 1. The Labute approximate surface area is 74.6 Å². The summed E-state index contributed by atoms with van der Waals surface area (Å²) in [5, 5.41) is 3.39. The Morgan fingerprint density at radius 2 is 2.36 bits per heavy atom. The molecule has 0 aliphatic carbocycles. The van der Waals surface area contributed by atoms with Crippen molar-refractivity contribution in [2.45, 2.75) is 13.3 Å². The van der Waals surface area contributed by atoms with E-state index >= 15 is 0 Å². The minimum Gasteiger partial charge on any atom is -0.316 e. The molecule has 0 bridgehead atoms. The Hall–Kier alpha value is 0.0500. The molecule has 0 aromatic heterocycles. The summed E-state index contributed by atoms with van der Waals surface area (Å²) in [7, 11) is 0. The zero-order valence-electron chi connectivity index (χ0n) is 7.60. The van der Waals surface area contributed by atoms with Gasteiger partial charge < -0.3 is 5.32 Å². The van der Waals surface area contributed by atoms with Crippen molar-refractivity contribution in [2.24, 2.45) is 5.92 Å². The van der Waals surface area contributed by atoms with Crippen LogP contribution in [0.25, 0.3) is 0 Å². The van der Waals surface area contributed by atoms with Gasteiger partial charge in [0.15, 0.2) is 0 Å². The molecule has 0 aliphatic rings. The van der Waals surface area contributed by atoms with Crippen LogP contribution in [0.1, 0.15) is 13.3 Å². The van der Waals surface area contributed by atoms with Crippen molar-refractivity contribution in [1.29, 1.82) is 0 Å². The highest BCUT2D eigenvalue weighted by molar-refractivity contribution is 7.98. The van der Waals surface area contributed by atoms with Crippen LogP contribution in [0.5, 0.6) is 0 Å². The molecule has 0 saturated heterocycles. The van der Waals surface area contributed by atoms with Gasteiger partial charge in [-0.25, -0.2) is 0 Å². The molecule has 0 fully saturated rings.